The molecular formula is C11H13ClN2O3. The Morgan fingerprint density at radius 3 is 2.82 bits per heavy atom. The van der Waals surface area contributed by atoms with E-state index in [0.29, 0.717) is 12.2 Å². The van der Waals surface area contributed by atoms with Crippen LogP contribution in [0.4, 0.5) is 11.4 Å². The molecule has 0 unspecified atom stereocenters. The van der Waals surface area contributed by atoms with Gasteiger partial charge in [-0.3, -0.25) is 10.1 Å². The minimum absolute atomic E-state index is 0.0829. The summed E-state index contributed by atoms with van der Waals surface area (Å²) < 4.78 is 0. The van der Waals surface area contributed by atoms with Crippen LogP contribution in [0.2, 0.25) is 5.02 Å². The van der Waals surface area contributed by atoms with E-state index in [1.165, 1.54) is 6.07 Å². The molecular weight excluding hydrogens is 244 g/mol. The van der Waals surface area contributed by atoms with Crippen molar-refractivity contribution in [2.45, 2.75) is 0 Å². The molecule has 5 nitrogen and oxygen atoms in total. The standard InChI is InChI=1S/C11H13ClN2O3/c1-2-6-13(7-8-15)10-5-3-4-9(12)11(10)14(16)17/h2-5,15H,1,6-8H2. The van der Waals surface area contributed by atoms with E-state index in [9.17, 15) is 10.1 Å². The number of hydrogen-bond acceptors (Lipinski definition) is 4. The predicted octanol–water partition coefficient (Wildman–Crippen LogP) is 2.23. The molecule has 1 N–H and O–H groups in total. The van der Waals surface area contributed by atoms with Gasteiger partial charge in [-0.2, -0.15) is 0 Å². The molecule has 0 aromatic heterocycles. The topological polar surface area (TPSA) is 66.6 Å². The summed E-state index contributed by atoms with van der Waals surface area (Å²) in [5.74, 6) is 0. The summed E-state index contributed by atoms with van der Waals surface area (Å²) in [4.78, 5) is 12.1. The van der Waals surface area contributed by atoms with Gasteiger partial charge in [0.15, 0.2) is 0 Å². The number of halogens is 1. The Labute approximate surface area is 104 Å². The zero-order chi connectivity index (χ0) is 12.8. The van der Waals surface area contributed by atoms with Gasteiger partial charge in [-0.15, -0.1) is 6.58 Å². The second-order valence-electron chi connectivity index (χ2n) is 3.32. The fourth-order valence-corrected chi connectivity index (χ4v) is 1.77. The van der Waals surface area contributed by atoms with Gasteiger partial charge in [-0.05, 0) is 12.1 Å². The van der Waals surface area contributed by atoms with Crippen molar-refractivity contribution in [2.75, 3.05) is 24.6 Å². The van der Waals surface area contributed by atoms with E-state index in [4.69, 9.17) is 16.7 Å². The fourth-order valence-electron chi connectivity index (χ4n) is 1.53. The van der Waals surface area contributed by atoms with Crippen molar-refractivity contribution < 1.29 is 10.0 Å². The monoisotopic (exact) mass is 256 g/mol. The van der Waals surface area contributed by atoms with E-state index in [1.807, 2.05) is 0 Å². The van der Waals surface area contributed by atoms with Crippen molar-refractivity contribution in [1.82, 2.24) is 0 Å². The van der Waals surface area contributed by atoms with Gasteiger partial charge in [-0.25, -0.2) is 0 Å². The summed E-state index contributed by atoms with van der Waals surface area (Å²) >= 11 is 5.81. The lowest BCUT2D eigenvalue weighted by atomic mass is 10.2. The van der Waals surface area contributed by atoms with Crippen molar-refractivity contribution >= 4 is 23.0 Å². The van der Waals surface area contributed by atoms with Crippen molar-refractivity contribution in [3.63, 3.8) is 0 Å². The van der Waals surface area contributed by atoms with Crippen LogP contribution in [-0.4, -0.2) is 29.7 Å². The molecule has 17 heavy (non-hydrogen) atoms. The highest BCUT2D eigenvalue weighted by Gasteiger charge is 2.21. The number of aliphatic hydroxyl groups is 1. The third kappa shape index (κ3) is 3.18. The first-order valence-corrected chi connectivity index (χ1v) is 5.39. The molecule has 0 saturated carbocycles. The summed E-state index contributed by atoms with van der Waals surface area (Å²) in [6.45, 7) is 4.17. The molecule has 6 heteroatoms. The first-order chi connectivity index (χ1) is 8.11. The third-order valence-electron chi connectivity index (χ3n) is 2.21. The molecule has 0 aliphatic heterocycles. The number of aliphatic hydroxyl groups excluding tert-OH is 1. The van der Waals surface area contributed by atoms with Crippen molar-refractivity contribution in [3.8, 4) is 0 Å². The maximum absolute atomic E-state index is 11.0. The third-order valence-corrected chi connectivity index (χ3v) is 2.51. The van der Waals surface area contributed by atoms with Gasteiger partial charge < -0.3 is 10.0 Å². The molecule has 0 spiro atoms. The Kier molecular flexibility index (Phi) is 4.93. The Balaban J connectivity index is 3.21. The SMILES string of the molecule is C=CCN(CCO)c1cccc(Cl)c1[N+](=O)[O-]. The minimum Gasteiger partial charge on any atom is -0.395 e. The summed E-state index contributed by atoms with van der Waals surface area (Å²) in [5.41, 5.74) is 0.237. The van der Waals surface area contributed by atoms with Gasteiger partial charge in [0.1, 0.15) is 10.7 Å². The smallest absolute Gasteiger partial charge is 0.310 e. The van der Waals surface area contributed by atoms with E-state index in [0.717, 1.165) is 0 Å². The number of nitro groups is 1. The highest BCUT2D eigenvalue weighted by Crippen LogP contribution is 2.34. The van der Waals surface area contributed by atoms with Crippen LogP contribution in [0, 0.1) is 10.1 Å². The number of nitro benzene ring substituents is 1. The average Bonchev–Trinajstić information content (AvgIpc) is 2.28. The Morgan fingerprint density at radius 2 is 2.29 bits per heavy atom. The molecule has 0 aliphatic rings. The van der Waals surface area contributed by atoms with Crippen molar-refractivity contribution in [1.29, 1.82) is 0 Å². The molecule has 0 fully saturated rings. The lowest BCUT2D eigenvalue weighted by molar-refractivity contribution is -0.384. The number of benzene rings is 1. The van der Waals surface area contributed by atoms with Crippen molar-refractivity contribution in [2.24, 2.45) is 0 Å². The van der Waals surface area contributed by atoms with Crippen LogP contribution in [0.1, 0.15) is 0 Å². The molecule has 0 amide bonds. The normalized spacial score (nSPS) is 10.0. The van der Waals surface area contributed by atoms with E-state index in [1.54, 1.807) is 23.1 Å². The second-order valence-corrected chi connectivity index (χ2v) is 3.73. The molecule has 0 atom stereocenters. The van der Waals surface area contributed by atoms with Gasteiger partial charge in [-0.1, -0.05) is 23.7 Å². The Morgan fingerprint density at radius 1 is 1.59 bits per heavy atom. The maximum atomic E-state index is 11.0. The number of hydrogen-bond donors (Lipinski definition) is 1. The number of para-hydroxylation sites is 1. The zero-order valence-corrected chi connectivity index (χ0v) is 9.93. The molecule has 1 aromatic carbocycles. The fraction of sp³-hybridized carbons (Fsp3) is 0.273. The van der Waals surface area contributed by atoms with Gasteiger partial charge in [0.05, 0.1) is 11.5 Å². The zero-order valence-electron chi connectivity index (χ0n) is 9.17. The largest absolute Gasteiger partial charge is 0.395 e. The molecule has 0 aliphatic carbocycles. The van der Waals surface area contributed by atoms with Crippen LogP contribution >= 0.6 is 11.6 Å². The van der Waals surface area contributed by atoms with Crippen LogP contribution in [0.5, 0.6) is 0 Å². The predicted molar refractivity (Wildman–Crippen MR) is 67.6 cm³/mol. The Hall–Kier alpha value is -1.59. The van der Waals surface area contributed by atoms with Gasteiger partial charge in [0.2, 0.25) is 0 Å². The van der Waals surface area contributed by atoms with Gasteiger partial charge in [0.25, 0.3) is 0 Å². The minimum atomic E-state index is -0.523. The first kappa shape index (κ1) is 13.5. The molecule has 0 bridgehead atoms. The summed E-state index contributed by atoms with van der Waals surface area (Å²) in [5, 5.41) is 20.0. The maximum Gasteiger partial charge on any atom is 0.310 e. The van der Waals surface area contributed by atoms with Crippen LogP contribution in [-0.2, 0) is 0 Å². The number of anilines is 1. The van der Waals surface area contributed by atoms with E-state index >= 15 is 0 Å². The van der Waals surface area contributed by atoms with Crippen LogP contribution in [0.3, 0.4) is 0 Å². The van der Waals surface area contributed by atoms with E-state index in [-0.39, 0.29) is 23.9 Å². The molecule has 0 radical (unpaired) electrons. The van der Waals surface area contributed by atoms with Crippen LogP contribution < -0.4 is 4.90 Å². The molecule has 0 heterocycles. The molecule has 92 valence electrons. The van der Waals surface area contributed by atoms with Gasteiger partial charge in [0, 0.05) is 13.1 Å². The average molecular weight is 257 g/mol. The van der Waals surface area contributed by atoms with Crippen LogP contribution in [0.25, 0.3) is 0 Å². The second kappa shape index (κ2) is 6.22. The number of rotatable bonds is 6. The molecule has 1 rings (SSSR count). The van der Waals surface area contributed by atoms with Crippen molar-refractivity contribution in [3.05, 3.63) is 46.0 Å². The lowest BCUT2D eigenvalue weighted by Crippen LogP contribution is -2.27. The van der Waals surface area contributed by atoms with E-state index in [2.05, 4.69) is 6.58 Å². The molecule has 1 aromatic rings. The number of nitrogens with zero attached hydrogens (tertiary/aromatic N) is 2. The first-order valence-electron chi connectivity index (χ1n) is 5.01. The highest BCUT2D eigenvalue weighted by atomic mass is 35.5. The van der Waals surface area contributed by atoms with Crippen LogP contribution in [0.15, 0.2) is 30.9 Å². The summed E-state index contributed by atoms with van der Waals surface area (Å²) in [7, 11) is 0. The molecule has 0 saturated heterocycles. The van der Waals surface area contributed by atoms with Gasteiger partial charge >= 0.3 is 5.69 Å². The van der Waals surface area contributed by atoms with E-state index < -0.39 is 4.92 Å². The quantitative estimate of drug-likeness (QED) is 0.482. The summed E-state index contributed by atoms with van der Waals surface area (Å²) in [6.07, 6.45) is 1.61. The Bertz CT molecular complexity index is 423. The lowest BCUT2D eigenvalue weighted by Gasteiger charge is -2.22. The summed E-state index contributed by atoms with van der Waals surface area (Å²) in [6, 6.07) is 4.70. The highest BCUT2D eigenvalue weighted by molar-refractivity contribution is 6.33.